The summed E-state index contributed by atoms with van der Waals surface area (Å²) in [5, 5.41) is 6.98. The monoisotopic (exact) mass is 389 g/mol. The number of nitrogens with one attached hydrogen (secondary N) is 1. The first-order chi connectivity index (χ1) is 14.2. The van der Waals surface area contributed by atoms with Crippen molar-refractivity contribution in [3.05, 3.63) is 77.9 Å². The van der Waals surface area contributed by atoms with Crippen LogP contribution in [0.2, 0.25) is 0 Å². The SMILES string of the molecule is O=C(NCc1ccc(C(=O)N2CCCCC2)cc1)c1ccc(-n2cncn2)cc1. The summed E-state index contributed by atoms with van der Waals surface area (Å²) >= 11 is 0. The third-order valence-corrected chi connectivity index (χ3v) is 5.11. The minimum atomic E-state index is -0.149. The van der Waals surface area contributed by atoms with Crippen LogP contribution in [0.3, 0.4) is 0 Å². The van der Waals surface area contributed by atoms with Gasteiger partial charge in [0.05, 0.1) is 5.69 Å². The summed E-state index contributed by atoms with van der Waals surface area (Å²) < 4.78 is 1.63. The van der Waals surface area contributed by atoms with Crippen LogP contribution in [0.4, 0.5) is 0 Å². The van der Waals surface area contributed by atoms with Crippen molar-refractivity contribution in [2.45, 2.75) is 25.8 Å². The number of hydrogen-bond donors (Lipinski definition) is 1. The standard InChI is InChI=1S/C22H23N5O2/c28-21(18-8-10-20(11-9-18)27-16-23-15-25-27)24-14-17-4-6-19(7-5-17)22(29)26-12-2-1-3-13-26/h4-11,15-16H,1-3,12-14H2,(H,24,28). The summed E-state index contributed by atoms with van der Waals surface area (Å²) in [7, 11) is 0. The second kappa shape index (κ2) is 8.68. The normalized spacial score (nSPS) is 13.9. The Morgan fingerprint density at radius 2 is 1.59 bits per heavy atom. The fourth-order valence-corrected chi connectivity index (χ4v) is 3.44. The van der Waals surface area contributed by atoms with Crippen molar-refractivity contribution in [2.24, 2.45) is 0 Å². The molecular formula is C22H23N5O2. The highest BCUT2D eigenvalue weighted by Crippen LogP contribution is 2.14. The van der Waals surface area contributed by atoms with Crippen LogP contribution in [-0.4, -0.2) is 44.6 Å². The highest BCUT2D eigenvalue weighted by molar-refractivity contribution is 5.95. The van der Waals surface area contributed by atoms with E-state index in [4.69, 9.17) is 0 Å². The molecule has 3 aromatic rings. The van der Waals surface area contributed by atoms with Crippen molar-refractivity contribution in [1.29, 1.82) is 0 Å². The van der Waals surface area contributed by atoms with Crippen molar-refractivity contribution < 1.29 is 9.59 Å². The number of amides is 2. The number of nitrogens with zero attached hydrogens (tertiary/aromatic N) is 4. The van der Waals surface area contributed by atoms with Crippen LogP contribution in [0.15, 0.2) is 61.2 Å². The van der Waals surface area contributed by atoms with E-state index in [-0.39, 0.29) is 11.8 Å². The number of likely N-dealkylation sites (tertiary alicyclic amines) is 1. The Hall–Kier alpha value is -3.48. The van der Waals surface area contributed by atoms with E-state index >= 15 is 0 Å². The predicted octanol–water partition coefficient (Wildman–Crippen LogP) is 2.82. The molecule has 2 amide bonds. The second-order valence-electron chi connectivity index (χ2n) is 7.12. The van der Waals surface area contributed by atoms with Crippen LogP contribution in [0, 0.1) is 0 Å². The Morgan fingerprint density at radius 3 is 2.24 bits per heavy atom. The molecule has 0 unspecified atom stereocenters. The van der Waals surface area contributed by atoms with E-state index in [2.05, 4.69) is 15.4 Å². The number of carbonyl (C=O) groups is 2. The molecule has 1 aliphatic rings. The Labute approximate surface area is 169 Å². The summed E-state index contributed by atoms with van der Waals surface area (Å²) in [5.74, 6) is -0.0589. The number of benzene rings is 2. The molecule has 0 atom stereocenters. The summed E-state index contributed by atoms with van der Waals surface area (Å²) in [5.41, 5.74) is 3.07. The van der Waals surface area contributed by atoms with Crippen LogP contribution in [0.1, 0.15) is 45.5 Å². The van der Waals surface area contributed by atoms with Crippen LogP contribution in [0.25, 0.3) is 5.69 Å². The summed E-state index contributed by atoms with van der Waals surface area (Å²) in [4.78, 5) is 30.7. The van der Waals surface area contributed by atoms with Crippen LogP contribution < -0.4 is 5.32 Å². The molecule has 29 heavy (non-hydrogen) atoms. The lowest BCUT2D eigenvalue weighted by Crippen LogP contribution is -2.35. The fourth-order valence-electron chi connectivity index (χ4n) is 3.44. The molecule has 2 aromatic carbocycles. The summed E-state index contributed by atoms with van der Waals surface area (Å²) in [6, 6.07) is 14.6. The molecule has 0 bridgehead atoms. The molecule has 0 saturated carbocycles. The zero-order chi connectivity index (χ0) is 20.1. The maximum Gasteiger partial charge on any atom is 0.253 e. The third-order valence-electron chi connectivity index (χ3n) is 5.11. The second-order valence-corrected chi connectivity index (χ2v) is 7.12. The summed E-state index contributed by atoms with van der Waals surface area (Å²) in [6.45, 7) is 2.08. The first-order valence-electron chi connectivity index (χ1n) is 9.82. The van der Waals surface area contributed by atoms with Crippen molar-refractivity contribution in [3.8, 4) is 5.69 Å². The van der Waals surface area contributed by atoms with E-state index in [0.29, 0.717) is 17.7 Å². The molecule has 1 saturated heterocycles. The zero-order valence-electron chi connectivity index (χ0n) is 16.1. The van der Waals surface area contributed by atoms with Gasteiger partial charge in [-0.2, -0.15) is 5.10 Å². The molecule has 1 N–H and O–H groups in total. The third kappa shape index (κ3) is 4.51. The lowest BCUT2D eigenvalue weighted by atomic mass is 10.1. The average Bonchev–Trinajstić information content (AvgIpc) is 3.33. The Balaban J connectivity index is 1.32. The van der Waals surface area contributed by atoms with Crippen LogP contribution >= 0.6 is 0 Å². The van der Waals surface area contributed by atoms with E-state index in [9.17, 15) is 9.59 Å². The largest absolute Gasteiger partial charge is 0.348 e. The van der Waals surface area contributed by atoms with E-state index in [1.807, 2.05) is 41.3 Å². The Kier molecular flexibility index (Phi) is 5.65. The highest BCUT2D eigenvalue weighted by atomic mass is 16.2. The van der Waals surface area contributed by atoms with Crippen molar-refractivity contribution in [1.82, 2.24) is 25.0 Å². The molecule has 0 radical (unpaired) electrons. The van der Waals surface area contributed by atoms with Gasteiger partial charge >= 0.3 is 0 Å². The minimum absolute atomic E-state index is 0.0905. The quantitative estimate of drug-likeness (QED) is 0.728. The van der Waals surface area contributed by atoms with Gasteiger partial charge in [-0.25, -0.2) is 9.67 Å². The first kappa shape index (κ1) is 18.9. The Morgan fingerprint density at radius 1 is 0.897 bits per heavy atom. The van der Waals surface area contributed by atoms with E-state index < -0.39 is 0 Å². The predicted molar refractivity (Wildman–Crippen MR) is 109 cm³/mol. The molecule has 7 heteroatoms. The molecule has 7 nitrogen and oxygen atoms in total. The number of carbonyl (C=O) groups excluding carboxylic acids is 2. The van der Waals surface area contributed by atoms with Gasteiger partial charge in [-0.05, 0) is 61.2 Å². The fraction of sp³-hybridized carbons (Fsp3) is 0.273. The van der Waals surface area contributed by atoms with Gasteiger partial charge in [-0.3, -0.25) is 9.59 Å². The zero-order valence-corrected chi connectivity index (χ0v) is 16.1. The smallest absolute Gasteiger partial charge is 0.253 e. The highest BCUT2D eigenvalue weighted by Gasteiger charge is 2.17. The molecule has 148 valence electrons. The molecule has 1 aliphatic heterocycles. The number of piperidine rings is 1. The molecule has 1 aromatic heterocycles. The maximum atomic E-state index is 12.5. The van der Waals surface area contributed by atoms with Gasteiger partial charge in [0.1, 0.15) is 12.7 Å². The molecule has 0 aliphatic carbocycles. The van der Waals surface area contributed by atoms with Gasteiger partial charge in [0, 0.05) is 30.8 Å². The number of rotatable bonds is 5. The van der Waals surface area contributed by atoms with Crippen molar-refractivity contribution >= 4 is 11.8 Å². The Bertz CT molecular complexity index is 959. The van der Waals surface area contributed by atoms with Gasteiger partial charge < -0.3 is 10.2 Å². The van der Waals surface area contributed by atoms with E-state index in [1.165, 1.54) is 12.7 Å². The van der Waals surface area contributed by atoms with Crippen LogP contribution in [0.5, 0.6) is 0 Å². The van der Waals surface area contributed by atoms with Gasteiger partial charge in [0.25, 0.3) is 11.8 Å². The van der Waals surface area contributed by atoms with Crippen molar-refractivity contribution in [2.75, 3.05) is 13.1 Å². The molecular weight excluding hydrogens is 366 g/mol. The summed E-state index contributed by atoms with van der Waals surface area (Å²) in [6.07, 6.45) is 6.43. The van der Waals surface area contributed by atoms with Gasteiger partial charge in [0.2, 0.25) is 0 Å². The molecule has 4 rings (SSSR count). The van der Waals surface area contributed by atoms with E-state index in [1.54, 1.807) is 23.1 Å². The molecule has 1 fully saturated rings. The topological polar surface area (TPSA) is 80.1 Å². The lowest BCUT2D eigenvalue weighted by molar-refractivity contribution is 0.0724. The lowest BCUT2D eigenvalue weighted by Gasteiger charge is -2.26. The molecule has 2 heterocycles. The van der Waals surface area contributed by atoms with Gasteiger partial charge in [-0.1, -0.05) is 12.1 Å². The van der Waals surface area contributed by atoms with Crippen molar-refractivity contribution in [3.63, 3.8) is 0 Å². The van der Waals surface area contributed by atoms with E-state index in [0.717, 1.165) is 37.2 Å². The first-order valence-corrected chi connectivity index (χ1v) is 9.82. The number of hydrogen-bond acceptors (Lipinski definition) is 4. The van der Waals surface area contributed by atoms with Gasteiger partial charge in [0.15, 0.2) is 0 Å². The number of aromatic nitrogens is 3. The maximum absolute atomic E-state index is 12.5. The average molecular weight is 389 g/mol. The minimum Gasteiger partial charge on any atom is -0.348 e. The van der Waals surface area contributed by atoms with Crippen LogP contribution in [-0.2, 0) is 6.54 Å². The van der Waals surface area contributed by atoms with Gasteiger partial charge in [-0.15, -0.1) is 0 Å². The molecule has 0 spiro atoms.